The second kappa shape index (κ2) is 8.19. The molecule has 5 rings (SSSR count). The summed E-state index contributed by atoms with van der Waals surface area (Å²) < 4.78 is 18.9. The predicted molar refractivity (Wildman–Crippen MR) is 112 cm³/mol. The van der Waals surface area contributed by atoms with Crippen LogP contribution in [0.3, 0.4) is 0 Å². The van der Waals surface area contributed by atoms with Crippen molar-refractivity contribution in [2.24, 2.45) is 0 Å². The summed E-state index contributed by atoms with van der Waals surface area (Å²) in [7, 11) is 0. The molecule has 3 heterocycles. The van der Waals surface area contributed by atoms with E-state index in [1.807, 2.05) is 12.1 Å². The summed E-state index contributed by atoms with van der Waals surface area (Å²) in [5.74, 6) is 2.45. The summed E-state index contributed by atoms with van der Waals surface area (Å²) in [4.78, 5) is 15.7. The zero-order chi connectivity index (χ0) is 20.3. The number of nitrogens with zero attached hydrogens (tertiary/aromatic N) is 5. The van der Waals surface area contributed by atoms with Crippen LogP contribution in [-0.2, 0) is 4.74 Å². The molecule has 8 nitrogen and oxygen atoms in total. The lowest BCUT2D eigenvalue weighted by atomic mass is 10.2. The summed E-state index contributed by atoms with van der Waals surface area (Å²) in [5.41, 5.74) is 1.87. The highest BCUT2D eigenvalue weighted by molar-refractivity contribution is 5.67. The maximum absolute atomic E-state index is 13.5. The second-order valence-corrected chi connectivity index (χ2v) is 7.41. The SMILES string of the molecule is Fc1cccc(/C=C/c2nc(Nc3cc(C4CC4)[nH]n3)nc(N3CCOCC3)n2)c1. The van der Waals surface area contributed by atoms with Gasteiger partial charge >= 0.3 is 0 Å². The minimum Gasteiger partial charge on any atom is -0.378 e. The number of hydrogen-bond donors (Lipinski definition) is 2. The van der Waals surface area contributed by atoms with Gasteiger partial charge in [-0.2, -0.15) is 20.1 Å². The third-order valence-corrected chi connectivity index (χ3v) is 5.06. The van der Waals surface area contributed by atoms with Crippen LogP contribution in [0, 0.1) is 5.82 Å². The average molecular weight is 407 g/mol. The number of aromatic amines is 1. The van der Waals surface area contributed by atoms with Crippen molar-refractivity contribution in [1.82, 2.24) is 25.1 Å². The highest BCUT2D eigenvalue weighted by Gasteiger charge is 2.25. The first kappa shape index (κ1) is 18.7. The molecule has 0 spiro atoms. The molecule has 30 heavy (non-hydrogen) atoms. The number of morpholine rings is 1. The molecule has 0 unspecified atom stereocenters. The van der Waals surface area contributed by atoms with Crippen LogP contribution in [0.1, 0.15) is 35.8 Å². The Hall–Kier alpha value is -3.33. The Kier molecular flexibility index (Phi) is 5.10. The van der Waals surface area contributed by atoms with Gasteiger partial charge in [0.1, 0.15) is 5.82 Å². The van der Waals surface area contributed by atoms with Crippen LogP contribution in [0.2, 0.25) is 0 Å². The lowest BCUT2D eigenvalue weighted by Crippen LogP contribution is -2.37. The summed E-state index contributed by atoms with van der Waals surface area (Å²) in [5, 5.41) is 10.6. The number of ether oxygens (including phenoxy) is 1. The first-order valence-electron chi connectivity index (χ1n) is 10.1. The number of rotatable bonds is 6. The van der Waals surface area contributed by atoms with Gasteiger partial charge in [-0.3, -0.25) is 5.10 Å². The van der Waals surface area contributed by atoms with Gasteiger partial charge in [-0.05, 0) is 36.6 Å². The number of nitrogens with one attached hydrogen (secondary N) is 2. The molecule has 154 valence electrons. The van der Waals surface area contributed by atoms with Gasteiger partial charge in [-0.25, -0.2) is 4.39 Å². The molecular formula is C21H22FN7O. The minimum absolute atomic E-state index is 0.283. The van der Waals surface area contributed by atoms with Gasteiger partial charge in [0, 0.05) is 30.8 Å². The molecule has 1 aromatic carbocycles. The van der Waals surface area contributed by atoms with Crippen molar-refractivity contribution in [1.29, 1.82) is 0 Å². The molecule has 1 saturated carbocycles. The van der Waals surface area contributed by atoms with E-state index < -0.39 is 0 Å². The Morgan fingerprint density at radius 2 is 1.97 bits per heavy atom. The Bertz CT molecular complexity index is 1060. The normalized spacial score (nSPS) is 16.9. The minimum atomic E-state index is -0.283. The Balaban J connectivity index is 1.42. The highest BCUT2D eigenvalue weighted by atomic mass is 19.1. The largest absolute Gasteiger partial charge is 0.378 e. The third-order valence-electron chi connectivity index (χ3n) is 5.06. The predicted octanol–water partition coefficient (Wildman–Crippen LogP) is 3.36. The molecule has 2 aliphatic rings. The standard InChI is InChI=1S/C21H22FN7O/c22-16-3-1-2-14(12-16)4-7-18-23-20(24-19-13-17(27-28-19)15-5-6-15)26-21(25-18)29-8-10-30-11-9-29/h1-4,7,12-13,15H,5-6,8-11H2,(H2,23,24,25,26,27,28)/b7-4+. The van der Waals surface area contributed by atoms with Gasteiger partial charge in [0.2, 0.25) is 11.9 Å². The topological polar surface area (TPSA) is 91.9 Å². The van der Waals surface area contributed by atoms with Crippen LogP contribution in [-0.4, -0.2) is 51.5 Å². The van der Waals surface area contributed by atoms with E-state index in [1.165, 1.54) is 25.0 Å². The van der Waals surface area contributed by atoms with Gasteiger partial charge in [-0.15, -0.1) is 0 Å². The smallest absolute Gasteiger partial charge is 0.233 e. The highest BCUT2D eigenvalue weighted by Crippen LogP contribution is 2.39. The zero-order valence-corrected chi connectivity index (χ0v) is 16.4. The summed E-state index contributed by atoms with van der Waals surface area (Å²) >= 11 is 0. The molecular weight excluding hydrogens is 385 g/mol. The van der Waals surface area contributed by atoms with Crippen molar-refractivity contribution in [3.8, 4) is 0 Å². The fourth-order valence-electron chi connectivity index (χ4n) is 3.32. The average Bonchev–Trinajstić information content (AvgIpc) is 3.52. The molecule has 9 heteroatoms. The van der Waals surface area contributed by atoms with Gasteiger partial charge in [0.05, 0.1) is 13.2 Å². The van der Waals surface area contributed by atoms with Crippen LogP contribution in [0.25, 0.3) is 12.2 Å². The van der Waals surface area contributed by atoms with E-state index in [-0.39, 0.29) is 5.82 Å². The molecule has 0 bridgehead atoms. The Morgan fingerprint density at radius 1 is 1.10 bits per heavy atom. The molecule has 2 fully saturated rings. The van der Waals surface area contributed by atoms with Crippen LogP contribution in [0.4, 0.5) is 22.1 Å². The fourth-order valence-corrected chi connectivity index (χ4v) is 3.32. The van der Waals surface area contributed by atoms with Gasteiger partial charge in [-0.1, -0.05) is 18.2 Å². The molecule has 3 aromatic rings. The maximum atomic E-state index is 13.5. The Morgan fingerprint density at radius 3 is 2.77 bits per heavy atom. The van der Waals surface area contributed by atoms with E-state index in [0.29, 0.717) is 55.8 Å². The molecule has 2 aromatic heterocycles. The molecule has 0 atom stereocenters. The first-order chi connectivity index (χ1) is 14.7. The number of aromatic nitrogens is 5. The number of H-pyrrole nitrogens is 1. The quantitative estimate of drug-likeness (QED) is 0.647. The van der Waals surface area contributed by atoms with Crippen molar-refractivity contribution >= 4 is 29.9 Å². The summed E-state index contributed by atoms with van der Waals surface area (Å²) in [6.07, 6.45) is 5.93. The fraction of sp³-hybridized carbons (Fsp3) is 0.333. The molecule has 1 aliphatic carbocycles. The molecule has 2 N–H and O–H groups in total. The lowest BCUT2D eigenvalue weighted by molar-refractivity contribution is 0.122. The van der Waals surface area contributed by atoms with Crippen molar-refractivity contribution in [2.75, 3.05) is 36.5 Å². The van der Waals surface area contributed by atoms with Crippen molar-refractivity contribution in [3.63, 3.8) is 0 Å². The summed E-state index contributed by atoms with van der Waals surface area (Å²) in [6, 6.07) is 8.37. The summed E-state index contributed by atoms with van der Waals surface area (Å²) in [6.45, 7) is 2.69. The number of halogens is 1. The van der Waals surface area contributed by atoms with Crippen molar-refractivity contribution in [2.45, 2.75) is 18.8 Å². The van der Waals surface area contributed by atoms with Crippen molar-refractivity contribution < 1.29 is 9.13 Å². The van der Waals surface area contributed by atoms with Crippen LogP contribution in [0.5, 0.6) is 0 Å². The second-order valence-electron chi connectivity index (χ2n) is 7.41. The van der Waals surface area contributed by atoms with E-state index in [4.69, 9.17) is 4.74 Å². The monoisotopic (exact) mass is 407 g/mol. The van der Waals surface area contributed by atoms with Gasteiger partial charge in [0.25, 0.3) is 0 Å². The molecule has 1 aliphatic heterocycles. The molecule has 0 amide bonds. The number of anilines is 3. The van der Waals surface area contributed by atoms with E-state index in [1.54, 1.807) is 18.2 Å². The van der Waals surface area contributed by atoms with E-state index in [0.717, 1.165) is 11.3 Å². The number of benzene rings is 1. The third kappa shape index (κ3) is 4.46. The van der Waals surface area contributed by atoms with Crippen LogP contribution in [0.15, 0.2) is 30.3 Å². The molecule has 1 saturated heterocycles. The van der Waals surface area contributed by atoms with Crippen molar-refractivity contribution in [3.05, 3.63) is 53.2 Å². The van der Waals surface area contributed by atoms with E-state index in [9.17, 15) is 4.39 Å². The van der Waals surface area contributed by atoms with Gasteiger partial charge < -0.3 is 15.0 Å². The van der Waals surface area contributed by atoms with E-state index >= 15 is 0 Å². The van der Waals surface area contributed by atoms with E-state index in [2.05, 4.69) is 35.4 Å². The Labute approximate surface area is 173 Å². The zero-order valence-electron chi connectivity index (χ0n) is 16.4. The number of hydrogen-bond acceptors (Lipinski definition) is 7. The molecule has 0 radical (unpaired) electrons. The van der Waals surface area contributed by atoms with Crippen LogP contribution >= 0.6 is 0 Å². The first-order valence-corrected chi connectivity index (χ1v) is 10.1. The lowest BCUT2D eigenvalue weighted by Gasteiger charge is -2.26. The maximum Gasteiger partial charge on any atom is 0.233 e. The van der Waals surface area contributed by atoms with Gasteiger partial charge in [0.15, 0.2) is 11.6 Å². The van der Waals surface area contributed by atoms with Crippen LogP contribution < -0.4 is 10.2 Å².